The van der Waals surface area contributed by atoms with Crippen LogP contribution in [0.25, 0.3) is 11.0 Å². The number of esters is 1. The molecule has 1 amide bonds. The number of hydrogen-bond acceptors (Lipinski definition) is 5. The number of hydrogen-bond donors (Lipinski definition) is 0. The first kappa shape index (κ1) is 21.5. The highest BCUT2D eigenvalue weighted by atomic mass is 16.5. The van der Waals surface area contributed by atoms with E-state index in [2.05, 4.69) is 10.3 Å². The second-order valence-corrected chi connectivity index (χ2v) is 7.91. The molecule has 0 spiro atoms. The van der Waals surface area contributed by atoms with Gasteiger partial charge in [-0.15, -0.1) is 5.10 Å². The number of carbonyl (C=O) groups is 2. The monoisotopic (exact) mass is 408 g/mol. The van der Waals surface area contributed by atoms with Crippen molar-refractivity contribution >= 4 is 22.9 Å². The number of nitrogens with zero attached hydrogens (tertiary/aromatic N) is 4. The summed E-state index contributed by atoms with van der Waals surface area (Å²) in [6.45, 7) is 9.95. The predicted molar refractivity (Wildman–Crippen MR) is 115 cm³/mol. The van der Waals surface area contributed by atoms with Crippen LogP contribution >= 0.6 is 0 Å². The number of benzene rings is 2. The second-order valence-electron chi connectivity index (χ2n) is 7.91. The maximum Gasteiger partial charge on any atom is 0.338 e. The van der Waals surface area contributed by atoms with Gasteiger partial charge in [-0.05, 0) is 64.4 Å². The summed E-state index contributed by atoms with van der Waals surface area (Å²) in [5.41, 5.74) is 3.18. The molecule has 0 N–H and O–H groups in total. The van der Waals surface area contributed by atoms with Crippen LogP contribution in [-0.2, 0) is 16.1 Å². The van der Waals surface area contributed by atoms with Crippen LogP contribution in [0, 0.1) is 0 Å². The lowest BCUT2D eigenvalue weighted by Crippen LogP contribution is -2.47. The first-order chi connectivity index (χ1) is 14.3. The lowest BCUT2D eigenvalue weighted by Gasteiger charge is -2.32. The summed E-state index contributed by atoms with van der Waals surface area (Å²) in [5, 5.41) is 8.34. The SMILES string of the molecule is CC(C)N(C(=O)[C@@H](C)OC(=O)c1ccc(Cn2nnc3ccccc32)cc1)C(C)C. The molecule has 0 saturated carbocycles. The van der Waals surface area contributed by atoms with Crippen LogP contribution in [0.2, 0.25) is 0 Å². The van der Waals surface area contributed by atoms with Crippen molar-refractivity contribution in [2.24, 2.45) is 0 Å². The van der Waals surface area contributed by atoms with Gasteiger partial charge in [0.15, 0.2) is 6.10 Å². The number of aromatic nitrogens is 3. The van der Waals surface area contributed by atoms with E-state index >= 15 is 0 Å². The Labute approximate surface area is 176 Å². The van der Waals surface area contributed by atoms with E-state index in [4.69, 9.17) is 4.74 Å². The van der Waals surface area contributed by atoms with Gasteiger partial charge in [-0.25, -0.2) is 9.48 Å². The topological polar surface area (TPSA) is 77.3 Å². The summed E-state index contributed by atoms with van der Waals surface area (Å²) < 4.78 is 7.24. The number of ether oxygens (including phenoxy) is 1. The second kappa shape index (κ2) is 9.07. The van der Waals surface area contributed by atoms with E-state index in [1.807, 2.05) is 68.8 Å². The zero-order valence-corrected chi connectivity index (χ0v) is 18.1. The molecular formula is C23H28N4O3. The summed E-state index contributed by atoms with van der Waals surface area (Å²) in [6.07, 6.45) is -0.844. The van der Waals surface area contributed by atoms with E-state index in [0.717, 1.165) is 16.6 Å². The molecule has 0 saturated heterocycles. The van der Waals surface area contributed by atoms with Gasteiger partial charge in [0.1, 0.15) is 5.52 Å². The molecule has 1 atom stereocenters. The Bertz CT molecular complexity index is 1020. The van der Waals surface area contributed by atoms with Gasteiger partial charge >= 0.3 is 5.97 Å². The number of amides is 1. The summed E-state index contributed by atoms with van der Waals surface area (Å²) in [6, 6.07) is 14.9. The van der Waals surface area contributed by atoms with Crippen molar-refractivity contribution in [3.05, 3.63) is 59.7 Å². The molecule has 0 bridgehead atoms. The van der Waals surface area contributed by atoms with Crippen molar-refractivity contribution in [2.75, 3.05) is 0 Å². The van der Waals surface area contributed by atoms with Gasteiger partial charge in [-0.3, -0.25) is 4.79 Å². The van der Waals surface area contributed by atoms with E-state index in [0.29, 0.717) is 12.1 Å². The van der Waals surface area contributed by atoms with Gasteiger partial charge in [-0.2, -0.15) is 0 Å². The number of carbonyl (C=O) groups excluding carboxylic acids is 2. The van der Waals surface area contributed by atoms with E-state index in [1.165, 1.54) is 0 Å². The van der Waals surface area contributed by atoms with Crippen molar-refractivity contribution in [1.82, 2.24) is 19.9 Å². The van der Waals surface area contributed by atoms with Gasteiger partial charge in [0, 0.05) is 12.1 Å². The Kier molecular flexibility index (Phi) is 6.50. The summed E-state index contributed by atoms with van der Waals surface area (Å²) in [5.74, 6) is -0.705. The van der Waals surface area contributed by atoms with Gasteiger partial charge in [0.2, 0.25) is 0 Å². The molecule has 1 aromatic heterocycles. The van der Waals surface area contributed by atoms with Crippen LogP contribution in [0.15, 0.2) is 48.5 Å². The number of fused-ring (bicyclic) bond motifs is 1. The average Bonchev–Trinajstić information content (AvgIpc) is 3.11. The number of para-hydroxylation sites is 1. The summed E-state index contributed by atoms with van der Waals surface area (Å²) in [7, 11) is 0. The molecule has 0 unspecified atom stereocenters. The average molecular weight is 409 g/mol. The molecular weight excluding hydrogens is 380 g/mol. The minimum absolute atomic E-state index is 0.0332. The Morgan fingerprint density at radius 1 is 0.967 bits per heavy atom. The maximum absolute atomic E-state index is 12.7. The fourth-order valence-electron chi connectivity index (χ4n) is 3.55. The molecule has 3 rings (SSSR count). The van der Waals surface area contributed by atoms with Crippen LogP contribution in [-0.4, -0.2) is 50.0 Å². The van der Waals surface area contributed by atoms with Crippen molar-refractivity contribution < 1.29 is 14.3 Å². The first-order valence-electron chi connectivity index (χ1n) is 10.2. The molecule has 0 aliphatic rings. The third-order valence-corrected chi connectivity index (χ3v) is 4.94. The van der Waals surface area contributed by atoms with Gasteiger partial charge in [-0.1, -0.05) is 29.5 Å². The predicted octanol–water partition coefficient (Wildman–Crippen LogP) is 3.67. The van der Waals surface area contributed by atoms with Crippen LogP contribution in [0.3, 0.4) is 0 Å². The minimum Gasteiger partial charge on any atom is -0.449 e. The van der Waals surface area contributed by atoms with Gasteiger partial charge in [0.05, 0.1) is 17.6 Å². The maximum atomic E-state index is 12.7. The van der Waals surface area contributed by atoms with Crippen LogP contribution < -0.4 is 0 Å². The normalized spacial score (nSPS) is 12.4. The van der Waals surface area contributed by atoms with Crippen molar-refractivity contribution in [3.8, 4) is 0 Å². The van der Waals surface area contributed by atoms with Crippen LogP contribution in [0.4, 0.5) is 0 Å². The first-order valence-corrected chi connectivity index (χ1v) is 10.2. The van der Waals surface area contributed by atoms with Crippen molar-refractivity contribution in [2.45, 2.75) is 59.4 Å². The standard InChI is InChI=1S/C23H28N4O3/c1-15(2)27(16(3)4)22(28)17(5)30-23(29)19-12-10-18(11-13-19)14-26-21-9-7-6-8-20(21)24-25-26/h6-13,15-17H,14H2,1-5H3/t17-/m1/s1. The van der Waals surface area contributed by atoms with Gasteiger partial charge in [0.25, 0.3) is 5.91 Å². The smallest absolute Gasteiger partial charge is 0.338 e. The highest BCUT2D eigenvalue weighted by Crippen LogP contribution is 2.15. The summed E-state index contributed by atoms with van der Waals surface area (Å²) >= 11 is 0. The molecule has 7 nitrogen and oxygen atoms in total. The zero-order chi connectivity index (χ0) is 21.8. The van der Waals surface area contributed by atoms with E-state index in [1.54, 1.807) is 24.0 Å². The third kappa shape index (κ3) is 4.67. The molecule has 0 radical (unpaired) electrons. The number of rotatable bonds is 7. The lowest BCUT2D eigenvalue weighted by atomic mass is 10.1. The van der Waals surface area contributed by atoms with Crippen LogP contribution in [0.1, 0.15) is 50.5 Å². The van der Waals surface area contributed by atoms with Crippen molar-refractivity contribution in [1.29, 1.82) is 0 Å². The van der Waals surface area contributed by atoms with E-state index in [9.17, 15) is 9.59 Å². The minimum atomic E-state index is -0.844. The highest BCUT2D eigenvalue weighted by molar-refractivity contribution is 5.92. The summed E-state index contributed by atoms with van der Waals surface area (Å²) in [4.78, 5) is 26.9. The molecule has 3 aromatic rings. The zero-order valence-electron chi connectivity index (χ0n) is 18.1. The Hall–Kier alpha value is -3.22. The highest BCUT2D eigenvalue weighted by Gasteiger charge is 2.27. The molecule has 7 heteroatoms. The molecule has 2 aromatic carbocycles. The van der Waals surface area contributed by atoms with E-state index < -0.39 is 12.1 Å². The fraction of sp³-hybridized carbons (Fsp3) is 0.391. The fourth-order valence-corrected chi connectivity index (χ4v) is 3.55. The quantitative estimate of drug-likeness (QED) is 0.558. The van der Waals surface area contributed by atoms with Crippen LogP contribution in [0.5, 0.6) is 0 Å². The van der Waals surface area contributed by atoms with Crippen molar-refractivity contribution in [3.63, 3.8) is 0 Å². The molecule has 0 aliphatic carbocycles. The Morgan fingerprint density at radius 2 is 1.60 bits per heavy atom. The third-order valence-electron chi connectivity index (χ3n) is 4.94. The molecule has 1 heterocycles. The molecule has 0 fully saturated rings. The van der Waals surface area contributed by atoms with Gasteiger partial charge < -0.3 is 9.64 Å². The molecule has 0 aliphatic heterocycles. The van der Waals surface area contributed by atoms with E-state index in [-0.39, 0.29) is 18.0 Å². The molecule has 30 heavy (non-hydrogen) atoms. The Morgan fingerprint density at radius 3 is 2.23 bits per heavy atom. The lowest BCUT2D eigenvalue weighted by molar-refractivity contribution is -0.143. The Balaban J connectivity index is 1.65. The molecule has 158 valence electrons. The largest absolute Gasteiger partial charge is 0.449 e.